The number of methoxy groups -OCH3 is 1. The average Bonchev–Trinajstić information content (AvgIpc) is 2.81. The van der Waals surface area contributed by atoms with Gasteiger partial charge < -0.3 is 4.74 Å². The lowest BCUT2D eigenvalue weighted by Gasteiger charge is -2.27. The van der Waals surface area contributed by atoms with Crippen molar-refractivity contribution in [1.29, 1.82) is 0 Å². The molecule has 0 amide bonds. The Hall–Kier alpha value is -1.72. The van der Waals surface area contributed by atoms with E-state index in [1.165, 1.54) is 5.69 Å². The molecule has 0 saturated carbocycles. The quantitative estimate of drug-likeness (QED) is 0.783. The van der Waals surface area contributed by atoms with Crippen LogP contribution in [0.4, 0.5) is 0 Å². The van der Waals surface area contributed by atoms with E-state index in [2.05, 4.69) is 35.0 Å². The van der Waals surface area contributed by atoms with Gasteiger partial charge in [-0.3, -0.25) is 14.6 Å². The van der Waals surface area contributed by atoms with Crippen molar-refractivity contribution in [1.82, 2.24) is 19.7 Å². The number of aromatic nitrogens is 3. The van der Waals surface area contributed by atoms with E-state index in [1.807, 2.05) is 36.0 Å². The van der Waals surface area contributed by atoms with Crippen LogP contribution in [0.1, 0.15) is 23.1 Å². The molecule has 0 N–H and O–H groups in total. The second kappa shape index (κ2) is 7.33. The molecule has 2 aromatic heterocycles. The third kappa shape index (κ3) is 4.12. The minimum absolute atomic E-state index is 0.160. The van der Waals surface area contributed by atoms with Crippen LogP contribution in [0.25, 0.3) is 0 Å². The van der Waals surface area contributed by atoms with E-state index in [1.54, 1.807) is 7.11 Å². The summed E-state index contributed by atoms with van der Waals surface area (Å²) in [7, 11) is 3.83. The fraction of sp³-hybridized carbons (Fsp3) is 0.500. The Morgan fingerprint density at radius 1 is 1.33 bits per heavy atom. The topological polar surface area (TPSA) is 43.2 Å². The van der Waals surface area contributed by atoms with Crippen molar-refractivity contribution in [3.8, 4) is 0 Å². The SMILES string of the molecule is COC[C@@H](c1ccccn1)N(C)CCn1nc(C)cc1C. The molecule has 0 saturated heterocycles. The number of hydrogen-bond donors (Lipinski definition) is 0. The van der Waals surface area contributed by atoms with Gasteiger partial charge in [0.15, 0.2) is 0 Å². The Kier molecular flexibility index (Phi) is 5.47. The molecule has 2 rings (SSSR count). The molecule has 2 heterocycles. The summed E-state index contributed by atoms with van der Waals surface area (Å²) in [5.41, 5.74) is 3.30. The number of aryl methyl sites for hydroxylation is 2. The standard InChI is InChI=1S/C16H24N4O/c1-13-11-14(2)20(18-13)10-9-19(3)16(12-21-4)15-7-5-6-8-17-15/h5-8,11,16H,9-10,12H2,1-4H3/t16-/m0/s1. The van der Waals surface area contributed by atoms with Gasteiger partial charge in [-0.2, -0.15) is 5.10 Å². The second-order valence-electron chi connectivity index (χ2n) is 5.36. The minimum atomic E-state index is 0.160. The van der Waals surface area contributed by atoms with Crippen molar-refractivity contribution in [2.24, 2.45) is 0 Å². The maximum absolute atomic E-state index is 5.36. The van der Waals surface area contributed by atoms with Gasteiger partial charge in [0.1, 0.15) is 0 Å². The molecule has 114 valence electrons. The van der Waals surface area contributed by atoms with Gasteiger partial charge in [-0.15, -0.1) is 0 Å². The van der Waals surface area contributed by atoms with Gasteiger partial charge in [-0.25, -0.2) is 0 Å². The number of hydrogen-bond acceptors (Lipinski definition) is 4. The van der Waals surface area contributed by atoms with Crippen LogP contribution in [-0.4, -0.2) is 47.0 Å². The molecule has 0 radical (unpaired) electrons. The lowest BCUT2D eigenvalue weighted by atomic mass is 10.1. The summed E-state index contributed by atoms with van der Waals surface area (Å²) >= 11 is 0. The number of rotatable bonds is 7. The van der Waals surface area contributed by atoms with Gasteiger partial charge in [0, 0.05) is 25.5 Å². The molecule has 0 aliphatic heterocycles. The Labute approximate surface area is 126 Å². The predicted octanol–water partition coefficient (Wildman–Crippen LogP) is 2.21. The van der Waals surface area contributed by atoms with Crippen molar-refractivity contribution in [2.75, 3.05) is 27.3 Å². The molecule has 5 heteroatoms. The highest BCUT2D eigenvalue weighted by atomic mass is 16.5. The van der Waals surface area contributed by atoms with E-state index in [0.29, 0.717) is 6.61 Å². The van der Waals surface area contributed by atoms with Crippen LogP contribution < -0.4 is 0 Å². The molecule has 0 aliphatic rings. The normalized spacial score (nSPS) is 12.8. The van der Waals surface area contributed by atoms with Gasteiger partial charge in [0.25, 0.3) is 0 Å². The Bertz CT molecular complexity index is 553. The number of ether oxygens (including phenoxy) is 1. The van der Waals surface area contributed by atoms with Crippen molar-refractivity contribution in [2.45, 2.75) is 26.4 Å². The van der Waals surface area contributed by atoms with Crippen LogP contribution in [0.3, 0.4) is 0 Å². The van der Waals surface area contributed by atoms with Crippen LogP contribution in [0, 0.1) is 13.8 Å². The van der Waals surface area contributed by atoms with Crippen LogP contribution in [0.5, 0.6) is 0 Å². The van der Waals surface area contributed by atoms with E-state index in [-0.39, 0.29) is 6.04 Å². The summed E-state index contributed by atoms with van der Waals surface area (Å²) in [5, 5.41) is 4.50. The zero-order chi connectivity index (χ0) is 15.2. The van der Waals surface area contributed by atoms with E-state index in [4.69, 9.17) is 4.74 Å². The van der Waals surface area contributed by atoms with E-state index < -0.39 is 0 Å². The van der Waals surface area contributed by atoms with Gasteiger partial charge in [-0.05, 0) is 39.1 Å². The second-order valence-corrected chi connectivity index (χ2v) is 5.36. The fourth-order valence-corrected chi connectivity index (χ4v) is 2.48. The van der Waals surface area contributed by atoms with E-state index in [0.717, 1.165) is 24.5 Å². The van der Waals surface area contributed by atoms with Crippen LogP contribution in [0.2, 0.25) is 0 Å². The molecular weight excluding hydrogens is 264 g/mol. The molecular formula is C16H24N4O. The lowest BCUT2D eigenvalue weighted by Crippen LogP contribution is -2.31. The third-order valence-electron chi connectivity index (χ3n) is 3.65. The van der Waals surface area contributed by atoms with Gasteiger partial charge in [-0.1, -0.05) is 6.07 Å². The summed E-state index contributed by atoms with van der Waals surface area (Å²) in [6, 6.07) is 8.26. The van der Waals surface area contributed by atoms with Crippen LogP contribution >= 0.6 is 0 Å². The fourth-order valence-electron chi connectivity index (χ4n) is 2.48. The molecule has 0 unspecified atom stereocenters. The summed E-state index contributed by atoms with van der Waals surface area (Å²) < 4.78 is 7.41. The first-order valence-electron chi connectivity index (χ1n) is 7.23. The first-order valence-corrected chi connectivity index (χ1v) is 7.23. The van der Waals surface area contributed by atoms with Crippen molar-refractivity contribution in [3.05, 3.63) is 47.5 Å². The zero-order valence-electron chi connectivity index (χ0n) is 13.3. The maximum Gasteiger partial charge on any atom is 0.0755 e. The Morgan fingerprint density at radius 2 is 2.14 bits per heavy atom. The van der Waals surface area contributed by atoms with Gasteiger partial charge in [0.05, 0.1) is 30.6 Å². The van der Waals surface area contributed by atoms with Crippen molar-refractivity contribution < 1.29 is 4.74 Å². The maximum atomic E-state index is 5.36. The van der Waals surface area contributed by atoms with Gasteiger partial charge >= 0.3 is 0 Å². The molecule has 5 nitrogen and oxygen atoms in total. The van der Waals surface area contributed by atoms with E-state index in [9.17, 15) is 0 Å². The van der Waals surface area contributed by atoms with E-state index >= 15 is 0 Å². The van der Waals surface area contributed by atoms with Crippen LogP contribution in [-0.2, 0) is 11.3 Å². The molecule has 0 aromatic carbocycles. The zero-order valence-corrected chi connectivity index (χ0v) is 13.3. The number of pyridine rings is 1. The third-order valence-corrected chi connectivity index (χ3v) is 3.65. The highest BCUT2D eigenvalue weighted by molar-refractivity contribution is 5.09. The Balaban J connectivity index is 2.02. The summed E-state index contributed by atoms with van der Waals surface area (Å²) in [4.78, 5) is 6.72. The smallest absolute Gasteiger partial charge is 0.0755 e. The molecule has 0 fully saturated rings. The molecule has 21 heavy (non-hydrogen) atoms. The summed E-state index contributed by atoms with van der Waals surface area (Å²) in [5.74, 6) is 0. The minimum Gasteiger partial charge on any atom is -0.383 e. The van der Waals surface area contributed by atoms with Crippen molar-refractivity contribution in [3.63, 3.8) is 0 Å². The monoisotopic (exact) mass is 288 g/mol. The summed E-state index contributed by atoms with van der Waals surface area (Å²) in [6.07, 6.45) is 1.83. The average molecular weight is 288 g/mol. The molecule has 0 aliphatic carbocycles. The Morgan fingerprint density at radius 3 is 2.71 bits per heavy atom. The first-order chi connectivity index (χ1) is 10.1. The largest absolute Gasteiger partial charge is 0.383 e. The molecule has 0 spiro atoms. The molecule has 0 bridgehead atoms. The predicted molar refractivity (Wildman–Crippen MR) is 83.2 cm³/mol. The summed E-state index contributed by atoms with van der Waals surface area (Å²) in [6.45, 7) is 6.50. The number of nitrogens with zero attached hydrogens (tertiary/aromatic N) is 4. The first kappa shape index (κ1) is 15.7. The number of likely N-dealkylation sites (N-methyl/N-ethyl adjacent to an activating group) is 1. The van der Waals surface area contributed by atoms with Crippen molar-refractivity contribution >= 4 is 0 Å². The molecule has 1 atom stereocenters. The molecule has 2 aromatic rings. The highest BCUT2D eigenvalue weighted by Gasteiger charge is 2.18. The lowest BCUT2D eigenvalue weighted by molar-refractivity contribution is 0.101. The van der Waals surface area contributed by atoms with Crippen LogP contribution in [0.15, 0.2) is 30.5 Å². The van der Waals surface area contributed by atoms with Gasteiger partial charge in [0.2, 0.25) is 0 Å². The highest BCUT2D eigenvalue weighted by Crippen LogP contribution is 2.17.